The molecule has 1 spiro atoms. The number of nitrogens with zero attached hydrogens (tertiary/aromatic N) is 2. The maximum Gasteiger partial charge on any atom is 0.236 e. The van der Waals surface area contributed by atoms with Gasteiger partial charge in [-0.25, -0.2) is 0 Å². The van der Waals surface area contributed by atoms with Crippen molar-refractivity contribution in [2.75, 3.05) is 39.3 Å². The van der Waals surface area contributed by atoms with Gasteiger partial charge in [0.05, 0.1) is 6.61 Å². The summed E-state index contributed by atoms with van der Waals surface area (Å²) in [5.41, 5.74) is 5.69. The molecule has 5 atom stereocenters. The summed E-state index contributed by atoms with van der Waals surface area (Å²) in [5.74, 6) is 0.381. The minimum absolute atomic E-state index is 0.133. The fourth-order valence-electron chi connectivity index (χ4n) is 6.99. The molecule has 43 heavy (non-hydrogen) atoms. The predicted molar refractivity (Wildman–Crippen MR) is 165 cm³/mol. The lowest BCUT2D eigenvalue weighted by atomic mass is 9.73. The number of H-pyrrole nitrogens is 1. The maximum atomic E-state index is 10.6. The van der Waals surface area contributed by atoms with Crippen LogP contribution in [0.5, 0.6) is 5.88 Å². The van der Waals surface area contributed by atoms with Gasteiger partial charge in [0, 0.05) is 30.8 Å². The van der Waals surface area contributed by atoms with Gasteiger partial charge in [-0.15, -0.1) is 5.10 Å². The standard InChI is InChI=1S/C33H50N4O6/c1-21(2)27-25(31(36-35-27)43-30-29(40)28(39)26(19-38)42-32(30)41)18-24-9-8-23(17-22(24)3)7-4-5-15-37-16-6-10-33(20-37)11-13-34-14-12-33/h4,7-9,17,21,26,28-30,32,34,38-41H,5-6,10-16,18-20H2,1-3H3,(H,35,36)/b7-4+/t26-,28-,29+,30-,32-/m1/s1. The van der Waals surface area contributed by atoms with Gasteiger partial charge in [-0.05, 0) is 86.7 Å². The van der Waals surface area contributed by atoms with Crippen molar-refractivity contribution in [1.29, 1.82) is 0 Å². The lowest BCUT2D eigenvalue weighted by Crippen LogP contribution is -2.60. The molecule has 6 N–H and O–H groups in total. The summed E-state index contributed by atoms with van der Waals surface area (Å²) in [6.45, 7) is 11.6. The Bertz CT molecular complexity index is 1220. The van der Waals surface area contributed by atoms with Crippen LogP contribution in [0.1, 0.15) is 79.8 Å². The van der Waals surface area contributed by atoms with Crippen molar-refractivity contribution in [3.63, 3.8) is 0 Å². The van der Waals surface area contributed by atoms with Gasteiger partial charge < -0.3 is 40.1 Å². The van der Waals surface area contributed by atoms with Crippen LogP contribution in [0, 0.1) is 12.3 Å². The number of aromatic nitrogens is 2. The van der Waals surface area contributed by atoms with E-state index in [1.807, 2.05) is 0 Å². The minimum Gasteiger partial charge on any atom is -0.465 e. The molecular formula is C33H50N4O6. The van der Waals surface area contributed by atoms with Gasteiger partial charge >= 0.3 is 0 Å². The van der Waals surface area contributed by atoms with E-state index in [9.17, 15) is 20.4 Å². The van der Waals surface area contributed by atoms with Crippen LogP contribution in [-0.4, -0.2) is 106 Å². The summed E-state index contributed by atoms with van der Waals surface area (Å²) in [5, 5.41) is 51.6. The summed E-state index contributed by atoms with van der Waals surface area (Å²) >= 11 is 0. The van der Waals surface area contributed by atoms with Crippen LogP contribution < -0.4 is 10.1 Å². The van der Waals surface area contributed by atoms with Crippen molar-refractivity contribution < 1.29 is 29.9 Å². The topological polar surface area (TPSA) is 143 Å². The maximum absolute atomic E-state index is 10.6. The summed E-state index contributed by atoms with van der Waals surface area (Å²) in [7, 11) is 0. The third-order valence-electron chi connectivity index (χ3n) is 9.59. The summed E-state index contributed by atoms with van der Waals surface area (Å²) in [6, 6.07) is 6.46. The molecule has 0 amide bonds. The average Bonchev–Trinajstić information content (AvgIpc) is 3.39. The number of aliphatic hydroxyl groups is 4. The zero-order valence-corrected chi connectivity index (χ0v) is 25.8. The average molecular weight is 599 g/mol. The van der Waals surface area contributed by atoms with Crippen LogP contribution in [0.4, 0.5) is 0 Å². The van der Waals surface area contributed by atoms with Crippen molar-refractivity contribution in [3.05, 3.63) is 52.2 Å². The Balaban J connectivity index is 1.22. The number of benzene rings is 1. The fraction of sp³-hybridized carbons (Fsp3) is 0.667. The number of aromatic amines is 1. The smallest absolute Gasteiger partial charge is 0.236 e. The van der Waals surface area contributed by atoms with E-state index < -0.39 is 37.3 Å². The van der Waals surface area contributed by atoms with Gasteiger partial charge in [0.2, 0.25) is 5.88 Å². The van der Waals surface area contributed by atoms with E-state index in [2.05, 4.69) is 71.5 Å². The van der Waals surface area contributed by atoms with Gasteiger partial charge in [0.1, 0.15) is 18.3 Å². The van der Waals surface area contributed by atoms with Gasteiger partial charge in [-0.2, -0.15) is 0 Å². The first kappa shape index (κ1) is 32.1. The molecular weight excluding hydrogens is 548 g/mol. The first-order valence-corrected chi connectivity index (χ1v) is 15.9. The normalized spacial score (nSPS) is 28.2. The number of hydrogen-bond acceptors (Lipinski definition) is 9. The van der Waals surface area contributed by atoms with E-state index in [0.29, 0.717) is 11.8 Å². The largest absolute Gasteiger partial charge is 0.465 e. The van der Waals surface area contributed by atoms with Crippen molar-refractivity contribution in [1.82, 2.24) is 20.4 Å². The van der Waals surface area contributed by atoms with Gasteiger partial charge in [0.25, 0.3) is 0 Å². The number of ether oxygens (including phenoxy) is 2. The Hall–Kier alpha value is -2.31. The number of hydrogen-bond donors (Lipinski definition) is 6. The second-order valence-electron chi connectivity index (χ2n) is 13.1. The Kier molecular flexibility index (Phi) is 10.6. The molecule has 0 radical (unpaired) electrons. The van der Waals surface area contributed by atoms with E-state index in [0.717, 1.165) is 48.4 Å². The second kappa shape index (κ2) is 14.2. The molecule has 3 aliphatic heterocycles. The molecule has 0 bridgehead atoms. The number of nitrogens with one attached hydrogen (secondary N) is 2. The number of aryl methyl sites for hydroxylation is 1. The fourth-order valence-corrected chi connectivity index (χ4v) is 6.99. The molecule has 0 aliphatic carbocycles. The third-order valence-corrected chi connectivity index (χ3v) is 9.59. The van der Waals surface area contributed by atoms with Crippen LogP contribution in [0.15, 0.2) is 24.3 Å². The molecule has 0 saturated carbocycles. The molecule has 5 rings (SSSR count). The van der Waals surface area contributed by atoms with Crippen LogP contribution in [-0.2, 0) is 11.2 Å². The van der Waals surface area contributed by atoms with Crippen molar-refractivity contribution in [2.24, 2.45) is 5.41 Å². The SMILES string of the molecule is Cc1cc(/C=C/CCN2CCCC3(CCNCC3)C2)ccc1Cc1c(O[C@@H]2[C@@H](O)[C@H](O)[C@@H](CO)O[C@H]2O)n[nH]c1C(C)C. The monoisotopic (exact) mass is 598 g/mol. The first-order valence-electron chi connectivity index (χ1n) is 15.9. The summed E-state index contributed by atoms with van der Waals surface area (Å²) < 4.78 is 11.2. The Labute approximate surface area is 255 Å². The zero-order chi connectivity index (χ0) is 30.6. The molecule has 1 aromatic heterocycles. The Morgan fingerprint density at radius 2 is 1.95 bits per heavy atom. The summed E-state index contributed by atoms with van der Waals surface area (Å²) in [4.78, 5) is 2.66. The van der Waals surface area contributed by atoms with Crippen molar-refractivity contribution >= 4 is 6.08 Å². The summed E-state index contributed by atoms with van der Waals surface area (Å²) in [6.07, 6.45) is 4.65. The number of rotatable bonds is 10. The van der Waals surface area contributed by atoms with Crippen LogP contribution in [0.2, 0.25) is 0 Å². The van der Waals surface area contributed by atoms with E-state index >= 15 is 0 Å². The third kappa shape index (κ3) is 7.50. The van der Waals surface area contributed by atoms with Crippen LogP contribution >= 0.6 is 0 Å². The highest BCUT2D eigenvalue weighted by Crippen LogP contribution is 2.38. The van der Waals surface area contributed by atoms with E-state index in [1.54, 1.807) is 0 Å². The molecule has 3 fully saturated rings. The molecule has 3 aliphatic rings. The van der Waals surface area contributed by atoms with Crippen molar-refractivity contribution in [2.45, 2.75) is 95.9 Å². The lowest BCUT2D eigenvalue weighted by Gasteiger charge is -2.45. The highest BCUT2D eigenvalue weighted by atomic mass is 16.7. The van der Waals surface area contributed by atoms with E-state index in [4.69, 9.17) is 9.47 Å². The molecule has 10 nitrogen and oxygen atoms in total. The van der Waals surface area contributed by atoms with Crippen LogP contribution in [0.3, 0.4) is 0 Å². The molecule has 4 heterocycles. The number of aliphatic hydroxyl groups excluding tert-OH is 4. The van der Waals surface area contributed by atoms with Gasteiger partial charge in [-0.3, -0.25) is 5.10 Å². The minimum atomic E-state index is -1.53. The molecule has 2 aromatic rings. The van der Waals surface area contributed by atoms with Gasteiger partial charge in [-0.1, -0.05) is 44.2 Å². The van der Waals surface area contributed by atoms with Gasteiger partial charge in [0.15, 0.2) is 12.4 Å². The molecule has 3 saturated heterocycles. The highest BCUT2D eigenvalue weighted by molar-refractivity contribution is 5.52. The van der Waals surface area contributed by atoms with E-state index in [-0.39, 0.29) is 11.8 Å². The number of piperidine rings is 2. The Morgan fingerprint density at radius 3 is 2.67 bits per heavy atom. The zero-order valence-electron chi connectivity index (χ0n) is 25.8. The quantitative estimate of drug-likeness (QED) is 0.243. The van der Waals surface area contributed by atoms with Crippen LogP contribution in [0.25, 0.3) is 6.08 Å². The highest BCUT2D eigenvalue weighted by Gasteiger charge is 2.46. The Morgan fingerprint density at radius 1 is 1.16 bits per heavy atom. The lowest BCUT2D eigenvalue weighted by molar-refractivity contribution is -0.281. The molecule has 1 aromatic carbocycles. The molecule has 238 valence electrons. The second-order valence-corrected chi connectivity index (χ2v) is 13.1. The van der Waals surface area contributed by atoms with E-state index in [1.165, 1.54) is 44.3 Å². The molecule has 0 unspecified atom stereocenters. The predicted octanol–water partition coefficient (Wildman–Crippen LogP) is 2.48. The van der Waals surface area contributed by atoms with Crippen molar-refractivity contribution in [3.8, 4) is 5.88 Å². The number of likely N-dealkylation sites (tertiary alicyclic amines) is 1. The molecule has 10 heteroatoms. The first-order chi connectivity index (χ1) is 20.7.